The number of hydrogen-bond acceptors (Lipinski definition) is 28. The number of benzene rings is 6. The summed E-state index contributed by atoms with van der Waals surface area (Å²) >= 11 is 28.7. The molecular weight excluding hydrogens is 1870 g/mol. The number of carbonyl (C=O) groups excluding carboxylic acids is 5. The molecule has 4 saturated heterocycles. The van der Waals surface area contributed by atoms with Gasteiger partial charge in [0, 0.05) is 120 Å². The van der Waals surface area contributed by atoms with E-state index in [1.807, 2.05) is 111 Å². The number of halogens is 8. The van der Waals surface area contributed by atoms with Crippen molar-refractivity contribution < 1.29 is 99.3 Å². The third-order valence-electron chi connectivity index (χ3n) is 18.5. The van der Waals surface area contributed by atoms with Crippen LogP contribution in [-0.4, -0.2) is 208 Å². The molecule has 0 saturated carbocycles. The van der Waals surface area contributed by atoms with Gasteiger partial charge in [-0.3, -0.25) is 14.4 Å². The fourth-order valence-corrected chi connectivity index (χ4v) is 14.4. The number of carbonyl (C=O) groups is 6. The summed E-state index contributed by atoms with van der Waals surface area (Å²) in [4.78, 5) is 83.4. The first-order valence-electron chi connectivity index (χ1n) is 38.9. The van der Waals surface area contributed by atoms with Gasteiger partial charge in [0.05, 0.1) is 97.2 Å². The van der Waals surface area contributed by atoms with Crippen LogP contribution in [0.15, 0.2) is 111 Å². The number of piperazine rings is 4. The van der Waals surface area contributed by atoms with Gasteiger partial charge in [0.2, 0.25) is 6.29 Å². The van der Waals surface area contributed by atoms with Crippen LogP contribution in [0.1, 0.15) is 117 Å². The second-order valence-electron chi connectivity index (χ2n) is 30.9. The molecule has 0 spiro atoms. The summed E-state index contributed by atoms with van der Waals surface area (Å²) in [7, 11) is 3.10. The molecule has 4 aliphatic rings. The Morgan fingerprint density at radius 1 is 0.523 bits per heavy atom. The van der Waals surface area contributed by atoms with Crippen LogP contribution in [0, 0.1) is 71.5 Å². The van der Waals surface area contributed by atoms with Gasteiger partial charge in [-0.1, -0.05) is 96.9 Å². The predicted molar refractivity (Wildman–Crippen MR) is 479 cm³/mol. The van der Waals surface area contributed by atoms with Crippen molar-refractivity contribution in [3.05, 3.63) is 180 Å². The molecule has 12 rings (SSSR count). The van der Waals surface area contributed by atoms with Crippen LogP contribution in [0.2, 0.25) is 20.1 Å². The molecule has 0 bridgehead atoms. The van der Waals surface area contributed by atoms with Crippen LogP contribution in [-0.2, 0) is 49.7 Å². The van der Waals surface area contributed by atoms with E-state index in [1.54, 1.807) is 102 Å². The molecule has 4 aliphatic heterocycles. The molecular formula is C87H98BrCl4F3N18O14Zn. The van der Waals surface area contributed by atoms with Crippen LogP contribution < -0.4 is 51.6 Å². The summed E-state index contributed by atoms with van der Waals surface area (Å²) < 4.78 is 69.2. The summed E-state index contributed by atoms with van der Waals surface area (Å²) in [6.07, 6.45) is -6.15. The molecule has 41 heteroatoms. The molecule has 8 N–H and O–H groups in total. The maximum atomic E-state index is 13.4. The van der Waals surface area contributed by atoms with Crippen LogP contribution in [0.4, 0.5) is 62.6 Å². The fourth-order valence-electron chi connectivity index (χ4n) is 12.7. The second kappa shape index (κ2) is 50.0. The molecule has 2 aromatic heterocycles. The zero-order chi connectivity index (χ0) is 95.2. The minimum atomic E-state index is -4.64. The molecule has 678 valence electrons. The molecule has 6 heterocycles. The number of ether oxygens (including phenoxy) is 5. The fraction of sp³-hybridized carbons (Fsp3) is 0.391. The number of aldehydes is 1. The number of aromatic nitrogens is 2. The number of carboxylic acid groups (broad SMARTS) is 1. The third kappa shape index (κ3) is 31.8. The number of aryl methyl sites for hydroxylation is 2. The topological polar surface area (TPSA) is 453 Å². The van der Waals surface area contributed by atoms with Crippen molar-refractivity contribution in [3.63, 3.8) is 0 Å². The Labute approximate surface area is 782 Å². The van der Waals surface area contributed by atoms with Crippen molar-refractivity contribution in [2.75, 3.05) is 156 Å². The maximum Gasteiger partial charge on any atom is 2.00 e. The number of nitrogens with two attached hydrogens (primary N) is 3. The van der Waals surface area contributed by atoms with Gasteiger partial charge in [0.1, 0.15) is 80.5 Å². The molecule has 0 unspecified atom stereocenters. The van der Waals surface area contributed by atoms with Gasteiger partial charge < -0.3 is 118 Å². The maximum absolute atomic E-state index is 13.4. The third-order valence-corrected chi connectivity index (χ3v) is 20.5. The van der Waals surface area contributed by atoms with E-state index in [4.69, 9.17) is 146 Å². The van der Waals surface area contributed by atoms with E-state index < -0.39 is 35.2 Å². The Bertz CT molecular complexity index is 5320. The summed E-state index contributed by atoms with van der Waals surface area (Å²) in [5.74, 6) is 0.413. The second-order valence-corrected chi connectivity index (χ2v) is 33.4. The van der Waals surface area contributed by atoms with Crippen molar-refractivity contribution in [2.45, 2.75) is 106 Å². The number of para-hydroxylation sites is 2. The number of esters is 1. The molecule has 128 heavy (non-hydrogen) atoms. The number of alkyl halides is 3. The van der Waals surface area contributed by atoms with Crippen LogP contribution in [0.5, 0.6) is 11.5 Å². The molecule has 0 radical (unpaired) electrons. The van der Waals surface area contributed by atoms with E-state index >= 15 is 0 Å². The molecule has 3 amide bonds. The number of carboxylic acids is 1. The number of hydrogen-bond donors (Lipinski definition) is 5. The Kier molecular flexibility index (Phi) is 42.3. The number of nitrogen functional groups attached to an aromatic ring is 3. The molecule has 0 atom stereocenters. The monoisotopic (exact) mass is 1960 g/mol. The number of rotatable bonds is 12. The largest absolute Gasteiger partial charge is 2.00 e. The van der Waals surface area contributed by atoms with E-state index in [2.05, 4.69) is 51.2 Å². The van der Waals surface area contributed by atoms with Crippen LogP contribution in [0.25, 0.3) is 22.5 Å². The normalized spacial score (nSPS) is 13.5. The van der Waals surface area contributed by atoms with E-state index in [0.717, 1.165) is 59.0 Å². The van der Waals surface area contributed by atoms with E-state index in [1.165, 1.54) is 7.11 Å². The number of nitriles is 3. The summed E-state index contributed by atoms with van der Waals surface area (Å²) in [6.45, 7) is 40.0. The van der Waals surface area contributed by atoms with Gasteiger partial charge in [-0.25, -0.2) is 14.4 Å². The summed E-state index contributed by atoms with van der Waals surface area (Å²) in [5.41, 5.74) is 25.1. The minimum Gasteiger partial charge on any atom is -0.512 e. The molecule has 32 nitrogen and oxygen atoms in total. The minimum absolute atomic E-state index is 0. The van der Waals surface area contributed by atoms with E-state index in [9.17, 15) is 37.1 Å². The SMILES string of the molecule is CC(C)(C)OC(=O)Cc1cc(N2CCN(C(=O)OC(C)(C)C)CC2)c(Cl)cc1Br.CC(C)(C)OC(=O)N1CCN(c2cc(N)c(C#N)cc2Cl)CC1.COc1ccccc1-c1noc(C)c1C(=O)N1CCN(c2cc(N)c(C#N)cc2Cl)CC1.COc1ccccc1-c1noc(C)c1C(=O)O.N#Cc1cc(Cl)c(N2CCNCC2)cc1N.O=CC(F)(F)F.[C-]#N.[C-]#N.[Zn+2]. The van der Waals surface area contributed by atoms with Crippen LogP contribution in [0.3, 0.4) is 0 Å². The Hall–Kier alpha value is -12.0. The first kappa shape index (κ1) is 108. The van der Waals surface area contributed by atoms with Gasteiger partial charge in [-0.15, -0.1) is 0 Å². The van der Waals surface area contributed by atoms with E-state index in [0.29, 0.717) is 172 Å². The molecule has 8 aromatic rings. The summed E-state index contributed by atoms with van der Waals surface area (Å²) in [6, 6.07) is 34.2. The Morgan fingerprint density at radius 2 is 0.836 bits per heavy atom. The van der Waals surface area contributed by atoms with Gasteiger partial charge in [0.15, 0.2) is 0 Å². The Balaban J connectivity index is 0.000000332. The number of nitrogens with zero attached hydrogens (tertiary/aromatic N) is 14. The smallest absolute Gasteiger partial charge is 0.512 e. The van der Waals surface area contributed by atoms with Crippen molar-refractivity contribution in [1.29, 1.82) is 26.3 Å². The standard InChI is InChI=1S/C23H22ClN5O3.C21H30BrClN2O4.C16H21ClN4O2.C12H11NO4.C11H13ClN4.C2HF3O.2CN.Zn/c1-14-21(22(27-32-14)16-5-3-4-6-20(16)31-2)23(30)29-9-7-28(8-10-29)19-12-18(26)15(13-25)11-17(19)24;1-20(2,3)28-18(26)12-14-11-17(16(23)13-15(14)22)24-7-9-25(10-8-24)19(27)29-21(4,5)6;1-16(2,3)23-15(22)21-6-4-20(5-7-21)14-9-13(19)11(10-18)8-12(14)17;1-7-10(12(14)15)11(13-17-7)8-5-3-4-6-9(8)16-2;12-9-5-8(7-13)10(14)6-11(9)16-3-1-15-2-4-16;3-2(4,5)1-6;2*1-2;/h3-6,11-12H,7-10,26H2,1-2H3;11,13H,7-10,12H2,1-6H3;8-9H,4-7,19H2,1-3H3;3-6H,1-2H3,(H,14,15);5-6,15H,1-4,14H2;1H;;;/q;;;;;;2*-1;+2. The average Bonchev–Trinajstić information content (AvgIpc) is 1.04. The number of nitrogens with one attached hydrogen (secondary N) is 1. The number of methoxy groups -OCH3 is 2. The Morgan fingerprint density at radius 3 is 1.16 bits per heavy atom. The van der Waals surface area contributed by atoms with Gasteiger partial charge in [-0.2, -0.15) is 29.0 Å². The van der Waals surface area contributed by atoms with Crippen molar-refractivity contribution in [3.8, 4) is 52.2 Å². The average molecular weight is 1960 g/mol. The first-order chi connectivity index (χ1) is 59.8. The van der Waals surface area contributed by atoms with Crippen molar-refractivity contribution in [2.24, 2.45) is 0 Å². The van der Waals surface area contributed by atoms with Gasteiger partial charge in [-0.05, 0) is 155 Å². The zero-order valence-electron chi connectivity index (χ0n) is 72.8. The van der Waals surface area contributed by atoms with Gasteiger partial charge >= 0.3 is 49.8 Å². The number of anilines is 7. The summed E-state index contributed by atoms with van der Waals surface area (Å²) in [5, 5.41) is 61.9. The zero-order valence-corrected chi connectivity index (χ0v) is 80.4. The van der Waals surface area contributed by atoms with Crippen LogP contribution >= 0.6 is 62.3 Å². The van der Waals surface area contributed by atoms with Crippen molar-refractivity contribution >= 4 is 138 Å². The molecule has 4 fully saturated rings. The first-order valence-corrected chi connectivity index (χ1v) is 41.2. The number of aromatic carboxylic acids is 1. The predicted octanol–water partition coefficient (Wildman–Crippen LogP) is 16.1. The van der Waals surface area contributed by atoms with E-state index in [-0.39, 0.29) is 67.0 Å². The van der Waals surface area contributed by atoms with Crippen molar-refractivity contribution in [1.82, 2.24) is 30.3 Å². The molecule has 0 aliphatic carbocycles. The van der Waals surface area contributed by atoms with Gasteiger partial charge in [0.25, 0.3) is 5.91 Å². The number of amides is 3. The quantitative estimate of drug-likeness (QED) is 0.0189. The molecule has 6 aromatic carbocycles.